The van der Waals surface area contributed by atoms with Gasteiger partial charge in [0.15, 0.2) is 0 Å². The van der Waals surface area contributed by atoms with Gasteiger partial charge in [0.1, 0.15) is 5.56 Å². The minimum atomic E-state index is -0.895. The Labute approximate surface area is 114 Å². The monoisotopic (exact) mass is 262 g/mol. The fraction of sp³-hybridized carbons (Fsp3) is 0.600. The van der Waals surface area contributed by atoms with Crippen LogP contribution < -0.4 is 4.90 Å². The van der Waals surface area contributed by atoms with Crippen LogP contribution >= 0.6 is 0 Å². The maximum Gasteiger partial charge on any atom is 0.339 e. The number of nitrogens with zero attached hydrogens (tertiary/aromatic N) is 2. The molecule has 4 nitrogen and oxygen atoms in total. The van der Waals surface area contributed by atoms with Crippen molar-refractivity contribution in [3.8, 4) is 0 Å². The zero-order chi connectivity index (χ0) is 14.0. The molecule has 4 heteroatoms. The Morgan fingerprint density at radius 3 is 2.68 bits per heavy atom. The molecule has 0 amide bonds. The molecule has 1 N–H and O–H groups in total. The van der Waals surface area contributed by atoms with E-state index in [1.807, 2.05) is 13.0 Å². The van der Waals surface area contributed by atoms with Crippen LogP contribution in [-0.4, -0.2) is 29.1 Å². The number of carboxylic acid groups (broad SMARTS) is 1. The number of aromatic carboxylic acids is 1. The molecule has 1 fully saturated rings. The summed E-state index contributed by atoms with van der Waals surface area (Å²) in [6.07, 6.45) is 4.91. The van der Waals surface area contributed by atoms with E-state index in [1.165, 1.54) is 6.20 Å². The van der Waals surface area contributed by atoms with E-state index in [4.69, 9.17) is 0 Å². The smallest absolute Gasteiger partial charge is 0.339 e. The van der Waals surface area contributed by atoms with Crippen molar-refractivity contribution >= 4 is 11.7 Å². The predicted octanol–water partition coefficient (Wildman–Crippen LogP) is 3.10. The summed E-state index contributed by atoms with van der Waals surface area (Å²) in [6.45, 7) is 8.24. The van der Waals surface area contributed by atoms with Crippen LogP contribution in [0.2, 0.25) is 0 Å². The molecule has 0 saturated carbocycles. The molecule has 1 saturated heterocycles. The van der Waals surface area contributed by atoms with Crippen LogP contribution in [0.15, 0.2) is 12.3 Å². The average Bonchev–Trinajstić information content (AvgIpc) is 2.83. The van der Waals surface area contributed by atoms with Crippen molar-refractivity contribution in [2.75, 3.05) is 18.0 Å². The maximum atomic E-state index is 11.3. The van der Waals surface area contributed by atoms with Crippen molar-refractivity contribution in [1.82, 2.24) is 4.98 Å². The molecule has 2 rings (SSSR count). The lowest BCUT2D eigenvalue weighted by Gasteiger charge is -2.27. The Morgan fingerprint density at radius 2 is 2.16 bits per heavy atom. The summed E-state index contributed by atoms with van der Waals surface area (Å²) in [5.41, 5.74) is 2.34. The van der Waals surface area contributed by atoms with Gasteiger partial charge in [-0.05, 0) is 37.7 Å². The second kappa shape index (κ2) is 5.19. The van der Waals surface area contributed by atoms with E-state index in [0.717, 1.165) is 43.7 Å². The van der Waals surface area contributed by atoms with Gasteiger partial charge in [0.2, 0.25) is 0 Å². The molecule has 0 spiro atoms. The van der Waals surface area contributed by atoms with Crippen molar-refractivity contribution < 1.29 is 9.90 Å². The van der Waals surface area contributed by atoms with Crippen LogP contribution in [-0.2, 0) is 0 Å². The minimum Gasteiger partial charge on any atom is -0.478 e. The van der Waals surface area contributed by atoms with Gasteiger partial charge in [-0.1, -0.05) is 13.8 Å². The molecule has 2 heterocycles. The first kappa shape index (κ1) is 13.8. The number of carbonyl (C=O) groups is 1. The van der Waals surface area contributed by atoms with E-state index in [1.54, 1.807) is 0 Å². The lowest BCUT2D eigenvalue weighted by Crippen LogP contribution is -2.27. The van der Waals surface area contributed by atoms with Gasteiger partial charge >= 0.3 is 5.97 Å². The Kier molecular flexibility index (Phi) is 3.78. The summed E-state index contributed by atoms with van der Waals surface area (Å²) in [5, 5.41) is 9.29. The maximum absolute atomic E-state index is 11.3. The molecule has 0 bridgehead atoms. The molecule has 0 aromatic carbocycles. The Hall–Kier alpha value is -1.58. The topological polar surface area (TPSA) is 53.4 Å². The van der Waals surface area contributed by atoms with Gasteiger partial charge in [-0.15, -0.1) is 0 Å². The van der Waals surface area contributed by atoms with Crippen LogP contribution in [0.5, 0.6) is 0 Å². The highest BCUT2D eigenvalue weighted by Crippen LogP contribution is 2.39. The van der Waals surface area contributed by atoms with E-state index in [0.29, 0.717) is 11.0 Å². The van der Waals surface area contributed by atoms with Crippen LogP contribution in [0.25, 0.3) is 0 Å². The van der Waals surface area contributed by atoms with E-state index < -0.39 is 5.97 Å². The number of rotatable bonds is 4. The average molecular weight is 262 g/mol. The van der Waals surface area contributed by atoms with Gasteiger partial charge in [-0.25, -0.2) is 4.79 Å². The fourth-order valence-corrected chi connectivity index (χ4v) is 2.94. The zero-order valence-corrected chi connectivity index (χ0v) is 11.9. The minimum absolute atomic E-state index is 0.314. The first-order valence-corrected chi connectivity index (χ1v) is 6.96. The van der Waals surface area contributed by atoms with Crippen LogP contribution in [0.1, 0.15) is 49.2 Å². The summed E-state index contributed by atoms with van der Waals surface area (Å²) >= 11 is 0. The van der Waals surface area contributed by atoms with E-state index in [-0.39, 0.29) is 0 Å². The molecule has 104 valence electrons. The molecule has 0 unspecified atom stereocenters. The zero-order valence-electron chi connectivity index (χ0n) is 11.9. The highest BCUT2D eigenvalue weighted by Gasteiger charge is 2.36. The normalized spacial score (nSPS) is 17.7. The van der Waals surface area contributed by atoms with Gasteiger partial charge in [0.05, 0.1) is 5.69 Å². The van der Waals surface area contributed by atoms with Crippen LogP contribution in [0, 0.1) is 12.3 Å². The molecule has 0 atom stereocenters. The van der Waals surface area contributed by atoms with Gasteiger partial charge in [-0.2, -0.15) is 0 Å². The van der Waals surface area contributed by atoms with Crippen molar-refractivity contribution in [2.45, 2.75) is 40.0 Å². The Balaban J connectivity index is 2.33. The van der Waals surface area contributed by atoms with Crippen molar-refractivity contribution in [2.24, 2.45) is 5.41 Å². The van der Waals surface area contributed by atoms with E-state index in [9.17, 15) is 9.90 Å². The third-order valence-corrected chi connectivity index (χ3v) is 4.53. The van der Waals surface area contributed by atoms with Gasteiger partial charge in [-0.3, -0.25) is 4.98 Å². The third-order valence-electron chi connectivity index (χ3n) is 4.53. The first-order valence-electron chi connectivity index (χ1n) is 6.96. The number of hydrogen-bond donors (Lipinski definition) is 1. The fourth-order valence-electron chi connectivity index (χ4n) is 2.94. The second-order valence-corrected chi connectivity index (χ2v) is 5.53. The molecule has 19 heavy (non-hydrogen) atoms. The Morgan fingerprint density at radius 1 is 1.47 bits per heavy atom. The highest BCUT2D eigenvalue weighted by molar-refractivity contribution is 5.94. The van der Waals surface area contributed by atoms with E-state index in [2.05, 4.69) is 23.7 Å². The standard InChI is InChI=1S/C15H22N2O2/c1-4-15(5-2)6-7-17(10-15)13-8-11(3)16-9-12(13)14(18)19/h8-9H,4-7,10H2,1-3H3,(H,18,19). The Bertz CT molecular complexity index is 481. The lowest BCUT2D eigenvalue weighted by molar-refractivity contribution is 0.0697. The summed E-state index contributed by atoms with van der Waals surface area (Å²) in [6, 6.07) is 1.89. The number of aryl methyl sites for hydroxylation is 1. The third kappa shape index (κ3) is 2.57. The SMILES string of the molecule is CCC1(CC)CCN(c2cc(C)ncc2C(=O)O)C1. The highest BCUT2D eigenvalue weighted by atomic mass is 16.4. The van der Waals surface area contributed by atoms with Crippen molar-refractivity contribution in [3.05, 3.63) is 23.5 Å². The summed E-state index contributed by atoms with van der Waals surface area (Å²) < 4.78 is 0. The molecular formula is C15H22N2O2. The molecular weight excluding hydrogens is 240 g/mol. The van der Waals surface area contributed by atoms with Gasteiger partial charge in [0, 0.05) is 25.0 Å². The number of anilines is 1. The number of carboxylic acids is 1. The van der Waals surface area contributed by atoms with Gasteiger partial charge < -0.3 is 10.0 Å². The van der Waals surface area contributed by atoms with Crippen LogP contribution in [0.3, 0.4) is 0 Å². The van der Waals surface area contributed by atoms with Crippen molar-refractivity contribution in [1.29, 1.82) is 0 Å². The predicted molar refractivity (Wildman–Crippen MR) is 75.8 cm³/mol. The van der Waals surface area contributed by atoms with Crippen molar-refractivity contribution in [3.63, 3.8) is 0 Å². The molecule has 1 aromatic heterocycles. The first-order chi connectivity index (χ1) is 9.01. The van der Waals surface area contributed by atoms with Gasteiger partial charge in [0.25, 0.3) is 0 Å². The number of pyridine rings is 1. The second-order valence-electron chi connectivity index (χ2n) is 5.53. The molecule has 0 aliphatic carbocycles. The van der Waals surface area contributed by atoms with E-state index >= 15 is 0 Å². The lowest BCUT2D eigenvalue weighted by atomic mass is 9.82. The number of aromatic nitrogens is 1. The summed E-state index contributed by atoms with van der Waals surface area (Å²) in [7, 11) is 0. The molecule has 0 radical (unpaired) electrons. The van der Waals surface area contributed by atoms with Crippen LogP contribution in [0.4, 0.5) is 5.69 Å². The largest absolute Gasteiger partial charge is 0.478 e. The molecule has 1 aliphatic rings. The quantitative estimate of drug-likeness (QED) is 0.906. The molecule has 1 aromatic rings. The summed E-state index contributed by atoms with van der Waals surface area (Å²) in [4.78, 5) is 17.6. The molecule has 1 aliphatic heterocycles. The summed E-state index contributed by atoms with van der Waals surface area (Å²) in [5.74, 6) is -0.895. The number of hydrogen-bond acceptors (Lipinski definition) is 3.